The molecule has 2 aromatic carbocycles. The fourth-order valence-electron chi connectivity index (χ4n) is 3.06. The summed E-state index contributed by atoms with van der Waals surface area (Å²) < 4.78 is 44.5. The Balaban J connectivity index is 1.91. The molecule has 3 aromatic rings. The van der Waals surface area contributed by atoms with Crippen molar-refractivity contribution >= 4 is 22.8 Å². The number of rotatable bonds is 5. The van der Waals surface area contributed by atoms with Crippen molar-refractivity contribution in [2.24, 2.45) is 0 Å². The van der Waals surface area contributed by atoms with E-state index in [4.69, 9.17) is 0 Å². The number of benzene rings is 2. The fourth-order valence-corrected chi connectivity index (χ4v) is 3.06. The van der Waals surface area contributed by atoms with Crippen molar-refractivity contribution in [1.82, 2.24) is 10.3 Å². The molecule has 1 aromatic heterocycles. The highest BCUT2D eigenvalue weighted by Crippen LogP contribution is 2.32. The molecular formula is C21H17F3N2O3. The summed E-state index contributed by atoms with van der Waals surface area (Å²) in [7, 11) is 1.11. The van der Waals surface area contributed by atoms with Crippen molar-refractivity contribution in [3.63, 3.8) is 0 Å². The number of hydrogen-bond acceptors (Lipinski definition) is 4. The summed E-state index contributed by atoms with van der Waals surface area (Å²) in [5.74, 6) is -1.45. The maximum Gasteiger partial charge on any atom is 0.416 e. The van der Waals surface area contributed by atoms with Gasteiger partial charge in [-0.1, -0.05) is 36.4 Å². The van der Waals surface area contributed by atoms with Gasteiger partial charge < -0.3 is 10.1 Å². The second kappa shape index (κ2) is 8.30. The monoisotopic (exact) mass is 402 g/mol. The third kappa shape index (κ3) is 4.53. The van der Waals surface area contributed by atoms with Crippen LogP contribution in [0.3, 0.4) is 0 Å². The van der Waals surface area contributed by atoms with E-state index in [1.165, 1.54) is 30.5 Å². The molecule has 0 aliphatic rings. The fraction of sp³-hybridized carbons (Fsp3) is 0.190. The van der Waals surface area contributed by atoms with E-state index in [1.807, 2.05) is 0 Å². The van der Waals surface area contributed by atoms with Crippen molar-refractivity contribution in [3.05, 3.63) is 77.5 Å². The van der Waals surface area contributed by atoms with E-state index in [9.17, 15) is 22.8 Å². The highest BCUT2D eigenvalue weighted by atomic mass is 19.4. The SMILES string of the molecule is COC(=O)[C@H](Cc1ccccc1C(F)(F)F)NC(=O)c1ccnc2ccccc12. The van der Waals surface area contributed by atoms with Gasteiger partial charge in [0.1, 0.15) is 6.04 Å². The molecule has 0 aliphatic carbocycles. The number of para-hydroxylation sites is 1. The molecule has 150 valence electrons. The molecule has 29 heavy (non-hydrogen) atoms. The van der Waals surface area contributed by atoms with Gasteiger partial charge in [0, 0.05) is 18.0 Å². The minimum absolute atomic E-state index is 0.115. The molecule has 0 unspecified atom stereocenters. The summed E-state index contributed by atoms with van der Waals surface area (Å²) in [6.07, 6.45) is -3.50. The summed E-state index contributed by atoms with van der Waals surface area (Å²) in [6, 6.07) is 12.0. The van der Waals surface area contributed by atoms with Gasteiger partial charge in [0.15, 0.2) is 0 Å². The van der Waals surface area contributed by atoms with Crippen LogP contribution in [-0.2, 0) is 22.1 Å². The zero-order chi connectivity index (χ0) is 21.0. The Labute approximate surface area is 164 Å². The van der Waals surface area contributed by atoms with Gasteiger partial charge in [0.2, 0.25) is 0 Å². The largest absolute Gasteiger partial charge is 0.467 e. The van der Waals surface area contributed by atoms with E-state index in [0.717, 1.165) is 13.2 Å². The number of nitrogens with one attached hydrogen (secondary N) is 1. The first kappa shape index (κ1) is 20.3. The van der Waals surface area contributed by atoms with Crippen molar-refractivity contribution < 1.29 is 27.5 Å². The second-order valence-corrected chi connectivity index (χ2v) is 6.28. The lowest BCUT2D eigenvalue weighted by Gasteiger charge is -2.19. The maximum absolute atomic E-state index is 13.3. The molecule has 0 fully saturated rings. The first-order chi connectivity index (χ1) is 13.8. The first-order valence-corrected chi connectivity index (χ1v) is 8.69. The van der Waals surface area contributed by atoms with Crippen LogP contribution in [0.1, 0.15) is 21.5 Å². The van der Waals surface area contributed by atoms with E-state index >= 15 is 0 Å². The van der Waals surface area contributed by atoms with Crippen molar-refractivity contribution in [2.45, 2.75) is 18.6 Å². The molecule has 1 atom stereocenters. The number of halogens is 3. The van der Waals surface area contributed by atoms with Crippen LogP contribution >= 0.6 is 0 Å². The highest BCUT2D eigenvalue weighted by Gasteiger charge is 2.34. The summed E-state index contributed by atoms with van der Waals surface area (Å²) >= 11 is 0. The number of hydrogen-bond donors (Lipinski definition) is 1. The van der Waals surface area contributed by atoms with Crippen molar-refractivity contribution in [3.8, 4) is 0 Å². The average molecular weight is 402 g/mol. The van der Waals surface area contributed by atoms with Crippen molar-refractivity contribution in [2.75, 3.05) is 7.11 Å². The molecular weight excluding hydrogens is 385 g/mol. The van der Waals surface area contributed by atoms with Gasteiger partial charge in [0.25, 0.3) is 5.91 Å². The van der Waals surface area contributed by atoms with Crippen LogP contribution in [0.2, 0.25) is 0 Å². The van der Waals surface area contributed by atoms with Gasteiger partial charge in [-0.25, -0.2) is 4.79 Å². The molecule has 0 spiro atoms. The minimum atomic E-state index is -4.58. The van der Waals surface area contributed by atoms with Crippen LogP contribution in [0.25, 0.3) is 10.9 Å². The average Bonchev–Trinajstić information content (AvgIpc) is 2.71. The van der Waals surface area contributed by atoms with Crippen LogP contribution in [0.15, 0.2) is 60.8 Å². The first-order valence-electron chi connectivity index (χ1n) is 8.69. The Hall–Kier alpha value is -3.42. The lowest BCUT2D eigenvalue weighted by Crippen LogP contribution is -2.43. The molecule has 0 saturated heterocycles. The molecule has 1 N–H and O–H groups in total. The Kier molecular flexibility index (Phi) is 5.81. The van der Waals surface area contributed by atoms with Crippen LogP contribution < -0.4 is 5.32 Å². The van der Waals surface area contributed by atoms with Gasteiger partial charge >= 0.3 is 12.1 Å². The summed E-state index contributed by atoms with van der Waals surface area (Å²) in [5.41, 5.74) is -0.140. The van der Waals surface area contributed by atoms with Gasteiger partial charge in [-0.3, -0.25) is 9.78 Å². The molecule has 1 amide bonds. The number of fused-ring (bicyclic) bond motifs is 1. The van der Waals surface area contributed by atoms with E-state index in [-0.39, 0.29) is 17.5 Å². The molecule has 3 rings (SSSR count). The number of esters is 1. The third-order valence-electron chi connectivity index (χ3n) is 4.43. The lowest BCUT2D eigenvalue weighted by atomic mass is 9.99. The summed E-state index contributed by atoms with van der Waals surface area (Å²) in [6.45, 7) is 0. The van der Waals surface area contributed by atoms with Crippen LogP contribution in [0.5, 0.6) is 0 Å². The molecule has 8 heteroatoms. The number of pyridine rings is 1. The lowest BCUT2D eigenvalue weighted by molar-refractivity contribution is -0.144. The van der Waals surface area contributed by atoms with Crippen molar-refractivity contribution in [1.29, 1.82) is 0 Å². The van der Waals surface area contributed by atoms with E-state index < -0.39 is 29.7 Å². The number of alkyl halides is 3. The summed E-state index contributed by atoms with van der Waals surface area (Å²) in [5, 5.41) is 3.06. The zero-order valence-corrected chi connectivity index (χ0v) is 15.4. The second-order valence-electron chi connectivity index (χ2n) is 6.28. The molecule has 0 radical (unpaired) electrons. The molecule has 0 saturated carbocycles. The van der Waals surface area contributed by atoms with Gasteiger partial charge in [0.05, 0.1) is 23.8 Å². The predicted molar refractivity (Wildman–Crippen MR) is 100 cm³/mol. The molecule has 1 heterocycles. The van der Waals surface area contributed by atoms with Crippen LogP contribution in [0, 0.1) is 0 Å². The predicted octanol–water partition coefficient (Wildman–Crippen LogP) is 3.77. The maximum atomic E-state index is 13.3. The van der Waals surface area contributed by atoms with Gasteiger partial charge in [-0.2, -0.15) is 13.2 Å². The number of nitrogens with zero attached hydrogens (tertiary/aromatic N) is 1. The topological polar surface area (TPSA) is 68.3 Å². The number of methoxy groups -OCH3 is 1. The normalized spacial score (nSPS) is 12.4. The molecule has 0 bridgehead atoms. The van der Waals surface area contributed by atoms with Gasteiger partial charge in [-0.05, 0) is 23.8 Å². The van der Waals surface area contributed by atoms with E-state index in [0.29, 0.717) is 10.9 Å². The number of aromatic nitrogens is 1. The molecule has 5 nitrogen and oxygen atoms in total. The van der Waals surface area contributed by atoms with Crippen LogP contribution in [0.4, 0.5) is 13.2 Å². The Morgan fingerprint density at radius 3 is 2.48 bits per heavy atom. The van der Waals surface area contributed by atoms with Gasteiger partial charge in [-0.15, -0.1) is 0 Å². The zero-order valence-electron chi connectivity index (χ0n) is 15.4. The Morgan fingerprint density at radius 1 is 1.07 bits per heavy atom. The summed E-state index contributed by atoms with van der Waals surface area (Å²) in [4.78, 5) is 29.1. The Morgan fingerprint density at radius 2 is 1.76 bits per heavy atom. The quantitative estimate of drug-likeness (QED) is 0.660. The third-order valence-corrected chi connectivity index (χ3v) is 4.43. The smallest absolute Gasteiger partial charge is 0.416 e. The minimum Gasteiger partial charge on any atom is -0.467 e. The van der Waals surface area contributed by atoms with Crippen LogP contribution in [-0.4, -0.2) is 30.0 Å². The Bertz CT molecular complexity index is 1050. The highest BCUT2D eigenvalue weighted by molar-refractivity contribution is 6.07. The number of ether oxygens (including phenoxy) is 1. The van der Waals surface area contributed by atoms with E-state index in [2.05, 4.69) is 15.0 Å². The number of carbonyl (C=O) groups excluding carboxylic acids is 2. The van der Waals surface area contributed by atoms with E-state index in [1.54, 1.807) is 24.3 Å². The molecule has 0 aliphatic heterocycles. The number of amides is 1. The number of carbonyl (C=O) groups is 2. The standard InChI is InChI=1S/C21H17F3N2O3/c1-29-20(28)18(12-13-6-2-4-8-16(13)21(22,23)24)26-19(27)15-10-11-25-17-9-5-3-7-14(15)17/h2-11,18H,12H2,1H3,(H,26,27)/t18-/m0/s1.